The standard InChI is InChI=1S/C13H13BrN2O2/c14-13-9-3-1-7-16-10(9)5-6-11(13)18-8-2-4-12(15)17/h1,3,5-7H,2,4,8H2,(H2,15,17). The molecule has 4 nitrogen and oxygen atoms in total. The quantitative estimate of drug-likeness (QED) is 0.864. The maximum atomic E-state index is 10.6. The van der Waals surface area contributed by atoms with Gasteiger partial charge in [0.05, 0.1) is 16.6 Å². The molecule has 1 heterocycles. The second-order valence-electron chi connectivity index (χ2n) is 3.87. The van der Waals surface area contributed by atoms with Crippen molar-refractivity contribution in [1.82, 2.24) is 4.98 Å². The van der Waals surface area contributed by atoms with Crippen LogP contribution in [0.1, 0.15) is 12.8 Å². The summed E-state index contributed by atoms with van der Waals surface area (Å²) in [6.45, 7) is 0.466. The number of nitrogens with two attached hydrogens (primary N) is 1. The first-order valence-electron chi connectivity index (χ1n) is 5.63. The summed E-state index contributed by atoms with van der Waals surface area (Å²) in [6.07, 6.45) is 2.71. The molecule has 2 aromatic rings. The van der Waals surface area contributed by atoms with Crippen LogP contribution in [0.4, 0.5) is 0 Å². The smallest absolute Gasteiger partial charge is 0.217 e. The van der Waals surface area contributed by atoms with Gasteiger partial charge in [-0.3, -0.25) is 9.78 Å². The zero-order valence-electron chi connectivity index (χ0n) is 9.73. The van der Waals surface area contributed by atoms with Gasteiger partial charge in [-0.1, -0.05) is 6.07 Å². The molecule has 0 unspecified atom stereocenters. The van der Waals surface area contributed by atoms with E-state index < -0.39 is 0 Å². The predicted molar refractivity (Wildman–Crippen MR) is 73.4 cm³/mol. The van der Waals surface area contributed by atoms with Gasteiger partial charge in [-0.05, 0) is 40.5 Å². The summed E-state index contributed by atoms with van der Waals surface area (Å²) in [5, 5.41) is 1.00. The van der Waals surface area contributed by atoms with Gasteiger partial charge in [-0.2, -0.15) is 0 Å². The zero-order valence-corrected chi connectivity index (χ0v) is 11.3. The molecule has 1 aromatic carbocycles. The monoisotopic (exact) mass is 308 g/mol. The van der Waals surface area contributed by atoms with Gasteiger partial charge in [0.25, 0.3) is 0 Å². The number of hydrogen-bond acceptors (Lipinski definition) is 3. The van der Waals surface area contributed by atoms with Crippen LogP contribution in [0.25, 0.3) is 10.9 Å². The fraction of sp³-hybridized carbons (Fsp3) is 0.231. The average Bonchev–Trinajstić information content (AvgIpc) is 2.37. The van der Waals surface area contributed by atoms with Gasteiger partial charge in [0.15, 0.2) is 0 Å². The average molecular weight is 309 g/mol. The van der Waals surface area contributed by atoms with Gasteiger partial charge >= 0.3 is 0 Å². The van der Waals surface area contributed by atoms with Crippen LogP contribution in [0.5, 0.6) is 5.75 Å². The molecule has 0 radical (unpaired) electrons. The molecule has 94 valence electrons. The second-order valence-corrected chi connectivity index (χ2v) is 4.66. The first kappa shape index (κ1) is 12.8. The third-order valence-electron chi connectivity index (χ3n) is 2.51. The highest BCUT2D eigenvalue weighted by Gasteiger charge is 2.06. The topological polar surface area (TPSA) is 65.2 Å². The van der Waals surface area contributed by atoms with Crippen molar-refractivity contribution in [3.63, 3.8) is 0 Å². The van der Waals surface area contributed by atoms with Crippen molar-refractivity contribution >= 4 is 32.7 Å². The number of hydrogen-bond donors (Lipinski definition) is 1. The fourth-order valence-electron chi connectivity index (χ4n) is 1.64. The molecular formula is C13H13BrN2O2. The first-order valence-corrected chi connectivity index (χ1v) is 6.42. The van der Waals surface area contributed by atoms with Gasteiger partial charge in [0.1, 0.15) is 5.75 Å². The lowest BCUT2D eigenvalue weighted by atomic mass is 10.2. The van der Waals surface area contributed by atoms with Crippen LogP contribution in [-0.4, -0.2) is 17.5 Å². The van der Waals surface area contributed by atoms with Crippen LogP contribution >= 0.6 is 15.9 Å². The predicted octanol–water partition coefficient (Wildman–Crippen LogP) is 2.64. The Morgan fingerprint density at radius 2 is 2.22 bits per heavy atom. The summed E-state index contributed by atoms with van der Waals surface area (Å²) >= 11 is 3.51. The van der Waals surface area contributed by atoms with Crippen LogP contribution in [0.2, 0.25) is 0 Å². The van der Waals surface area contributed by atoms with Crippen molar-refractivity contribution in [2.75, 3.05) is 6.61 Å². The molecule has 1 aromatic heterocycles. The van der Waals surface area contributed by atoms with Gasteiger partial charge in [0, 0.05) is 18.0 Å². The van der Waals surface area contributed by atoms with Gasteiger partial charge in [-0.25, -0.2) is 0 Å². The first-order chi connectivity index (χ1) is 8.68. The highest BCUT2D eigenvalue weighted by Crippen LogP contribution is 2.32. The molecule has 0 aliphatic rings. The lowest BCUT2D eigenvalue weighted by molar-refractivity contribution is -0.118. The second kappa shape index (κ2) is 5.82. The molecule has 0 saturated heterocycles. The summed E-state index contributed by atoms with van der Waals surface area (Å²) in [5.41, 5.74) is 5.98. The van der Waals surface area contributed by atoms with Crippen LogP contribution in [0, 0.1) is 0 Å². The van der Waals surface area contributed by atoms with E-state index in [1.165, 1.54) is 0 Å². The molecule has 0 atom stereocenters. The molecule has 2 N–H and O–H groups in total. The maximum absolute atomic E-state index is 10.6. The Kier molecular flexibility index (Phi) is 4.15. The fourth-order valence-corrected chi connectivity index (χ4v) is 2.22. The van der Waals surface area contributed by atoms with E-state index in [9.17, 15) is 4.79 Å². The summed E-state index contributed by atoms with van der Waals surface area (Å²) in [5.74, 6) is 0.445. The molecule has 0 saturated carbocycles. The van der Waals surface area contributed by atoms with E-state index >= 15 is 0 Å². The normalized spacial score (nSPS) is 10.5. The largest absolute Gasteiger partial charge is 0.492 e. The number of nitrogens with zero attached hydrogens (tertiary/aromatic N) is 1. The number of carbonyl (C=O) groups excluding carboxylic acids is 1. The Morgan fingerprint density at radius 3 is 3.00 bits per heavy atom. The minimum Gasteiger partial charge on any atom is -0.492 e. The SMILES string of the molecule is NC(=O)CCCOc1ccc2ncccc2c1Br. The van der Waals surface area contributed by atoms with E-state index in [0.29, 0.717) is 19.4 Å². The Labute approximate surface area is 113 Å². The Bertz CT molecular complexity index is 572. The summed E-state index contributed by atoms with van der Waals surface area (Å²) in [6, 6.07) is 7.62. The lowest BCUT2D eigenvalue weighted by Gasteiger charge is -2.09. The van der Waals surface area contributed by atoms with Crippen molar-refractivity contribution in [1.29, 1.82) is 0 Å². The third-order valence-corrected chi connectivity index (χ3v) is 3.33. The highest BCUT2D eigenvalue weighted by atomic mass is 79.9. The summed E-state index contributed by atoms with van der Waals surface area (Å²) in [4.78, 5) is 14.9. The van der Waals surface area contributed by atoms with E-state index in [4.69, 9.17) is 10.5 Å². The van der Waals surface area contributed by atoms with Crippen LogP contribution in [0.3, 0.4) is 0 Å². The molecule has 1 amide bonds. The number of amides is 1. The number of halogens is 1. The van der Waals surface area contributed by atoms with E-state index in [1.807, 2.05) is 24.3 Å². The van der Waals surface area contributed by atoms with E-state index in [1.54, 1.807) is 6.20 Å². The van der Waals surface area contributed by atoms with E-state index in [-0.39, 0.29) is 5.91 Å². The van der Waals surface area contributed by atoms with Crippen molar-refractivity contribution < 1.29 is 9.53 Å². The number of rotatable bonds is 5. The molecule has 18 heavy (non-hydrogen) atoms. The van der Waals surface area contributed by atoms with Crippen molar-refractivity contribution in [3.05, 3.63) is 34.9 Å². The van der Waals surface area contributed by atoms with Gasteiger partial charge in [0.2, 0.25) is 5.91 Å². The van der Waals surface area contributed by atoms with E-state index in [0.717, 1.165) is 21.1 Å². The summed E-state index contributed by atoms with van der Waals surface area (Å²) in [7, 11) is 0. The van der Waals surface area contributed by atoms with Crippen molar-refractivity contribution in [2.24, 2.45) is 5.73 Å². The Morgan fingerprint density at radius 1 is 1.39 bits per heavy atom. The number of aromatic nitrogens is 1. The molecule has 0 spiro atoms. The highest BCUT2D eigenvalue weighted by molar-refractivity contribution is 9.10. The lowest BCUT2D eigenvalue weighted by Crippen LogP contribution is -2.11. The van der Waals surface area contributed by atoms with Crippen molar-refractivity contribution in [3.8, 4) is 5.75 Å². The Hall–Kier alpha value is -1.62. The Balaban J connectivity index is 2.09. The van der Waals surface area contributed by atoms with Crippen LogP contribution < -0.4 is 10.5 Å². The molecule has 0 aliphatic carbocycles. The molecule has 2 rings (SSSR count). The number of fused-ring (bicyclic) bond motifs is 1. The maximum Gasteiger partial charge on any atom is 0.217 e. The molecule has 5 heteroatoms. The number of benzene rings is 1. The third kappa shape index (κ3) is 2.98. The summed E-state index contributed by atoms with van der Waals surface area (Å²) < 4.78 is 6.49. The minimum absolute atomic E-state index is 0.305. The van der Waals surface area contributed by atoms with Gasteiger partial charge in [-0.15, -0.1) is 0 Å². The van der Waals surface area contributed by atoms with Gasteiger partial charge < -0.3 is 10.5 Å². The molecule has 0 aliphatic heterocycles. The number of pyridine rings is 1. The zero-order chi connectivity index (χ0) is 13.0. The van der Waals surface area contributed by atoms with Crippen LogP contribution in [-0.2, 0) is 4.79 Å². The van der Waals surface area contributed by atoms with Crippen molar-refractivity contribution in [2.45, 2.75) is 12.8 Å². The number of carbonyl (C=O) groups is 1. The number of ether oxygens (including phenoxy) is 1. The van der Waals surface area contributed by atoms with E-state index in [2.05, 4.69) is 20.9 Å². The minimum atomic E-state index is -0.305. The van der Waals surface area contributed by atoms with Crippen LogP contribution in [0.15, 0.2) is 34.9 Å². The molecular weight excluding hydrogens is 296 g/mol. The molecule has 0 bridgehead atoms. The number of primary amides is 1. The molecule has 0 fully saturated rings.